The molecule has 0 saturated carbocycles. The molecule has 2 amide bonds. The Labute approximate surface area is 135 Å². The van der Waals surface area contributed by atoms with Gasteiger partial charge in [0.25, 0.3) is 0 Å². The Balaban J connectivity index is 2.87. The number of methoxy groups -OCH3 is 2. The highest BCUT2D eigenvalue weighted by atomic mass is 35.5. The minimum atomic E-state index is -0.713. The average molecular weight is 329 g/mol. The molecule has 2 N–H and O–H groups in total. The zero-order valence-corrected chi connectivity index (χ0v) is 13.9. The van der Waals surface area contributed by atoms with Gasteiger partial charge in [0, 0.05) is 6.07 Å². The summed E-state index contributed by atoms with van der Waals surface area (Å²) in [4.78, 5) is 23.7. The molecule has 0 bridgehead atoms. The van der Waals surface area contributed by atoms with Gasteiger partial charge in [-0.1, -0.05) is 25.4 Å². The van der Waals surface area contributed by atoms with Gasteiger partial charge in [-0.05, 0) is 24.5 Å². The quantitative estimate of drug-likeness (QED) is 0.841. The van der Waals surface area contributed by atoms with Gasteiger partial charge in [0.2, 0.25) is 5.91 Å². The highest BCUT2D eigenvalue weighted by Crippen LogP contribution is 2.27. The molecule has 0 aliphatic carbocycles. The van der Waals surface area contributed by atoms with Crippen LogP contribution in [0.4, 0.5) is 10.5 Å². The van der Waals surface area contributed by atoms with Gasteiger partial charge in [0.1, 0.15) is 11.8 Å². The normalized spacial score (nSPS) is 11.7. The molecule has 122 valence electrons. The van der Waals surface area contributed by atoms with Gasteiger partial charge in [-0.15, -0.1) is 0 Å². The second-order valence-electron chi connectivity index (χ2n) is 5.15. The van der Waals surface area contributed by atoms with Crippen molar-refractivity contribution >= 4 is 29.3 Å². The molecule has 22 heavy (non-hydrogen) atoms. The zero-order valence-electron chi connectivity index (χ0n) is 13.1. The second-order valence-corrected chi connectivity index (χ2v) is 5.56. The third-order valence-electron chi connectivity index (χ3n) is 2.93. The number of amides is 2. The number of nitrogens with one attached hydrogen (secondary N) is 2. The van der Waals surface area contributed by atoms with Crippen LogP contribution in [0.5, 0.6) is 5.75 Å². The molecule has 1 atom stereocenters. The maximum absolute atomic E-state index is 12.4. The van der Waals surface area contributed by atoms with Gasteiger partial charge < -0.3 is 20.1 Å². The summed E-state index contributed by atoms with van der Waals surface area (Å²) in [5.74, 6) is 0.420. The SMILES string of the molecule is COC(=O)NC(CC(C)C)C(=O)Nc1cc(OC)ccc1Cl. The van der Waals surface area contributed by atoms with E-state index < -0.39 is 12.1 Å². The largest absolute Gasteiger partial charge is 0.497 e. The smallest absolute Gasteiger partial charge is 0.407 e. The molecule has 6 nitrogen and oxygen atoms in total. The van der Waals surface area contributed by atoms with E-state index in [-0.39, 0.29) is 11.8 Å². The first-order valence-electron chi connectivity index (χ1n) is 6.86. The minimum absolute atomic E-state index is 0.216. The summed E-state index contributed by atoms with van der Waals surface area (Å²) in [7, 11) is 2.77. The van der Waals surface area contributed by atoms with Crippen molar-refractivity contribution in [3.8, 4) is 5.75 Å². The third-order valence-corrected chi connectivity index (χ3v) is 3.26. The van der Waals surface area contributed by atoms with Crippen LogP contribution in [0.3, 0.4) is 0 Å². The molecule has 0 radical (unpaired) electrons. The molecule has 1 aromatic rings. The number of hydrogen-bond donors (Lipinski definition) is 2. The molecule has 0 aliphatic heterocycles. The average Bonchev–Trinajstić information content (AvgIpc) is 2.48. The van der Waals surface area contributed by atoms with Crippen LogP contribution in [0.1, 0.15) is 20.3 Å². The van der Waals surface area contributed by atoms with Gasteiger partial charge in [0.05, 0.1) is 24.9 Å². The molecule has 1 aromatic carbocycles. The van der Waals surface area contributed by atoms with E-state index in [1.807, 2.05) is 13.8 Å². The third kappa shape index (κ3) is 5.44. The summed E-state index contributed by atoms with van der Waals surface area (Å²) >= 11 is 6.06. The predicted molar refractivity (Wildman–Crippen MR) is 85.4 cm³/mol. The number of carbonyl (C=O) groups excluding carboxylic acids is 2. The van der Waals surface area contributed by atoms with Gasteiger partial charge in [-0.2, -0.15) is 0 Å². The number of hydrogen-bond acceptors (Lipinski definition) is 4. The number of rotatable bonds is 6. The van der Waals surface area contributed by atoms with Crippen LogP contribution in [-0.2, 0) is 9.53 Å². The van der Waals surface area contributed by atoms with Crippen molar-refractivity contribution in [2.75, 3.05) is 19.5 Å². The van der Waals surface area contributed by atoms with E-state index in [1.165, 1.54) is 14.2 Å². The van der Waals surface area contributed by atoms with Crippen LogP contribution in [-0.4, -0.2) is 32.3 Å². The van der Waals surface area contributed by atoms with Crippen molar-refractivity contribution in [2.45, 2.75) is 26.3 Å². The lowest BCUT2D eigenvalue weighted by Gasteiger charge is -2.20. The predicted octanol–water partition coefficient (Wildman–Crippen LogP) is 3.06. The summed E-state index contributed by atoms with van der Waals surface area (Å²) in [6.45, 7) is 3.91. The Bertz CT molecular complexity index is 534. The lowest BCUT2D eigenvalue weighted by Crippen LogP contribution is -2.44. The molecule has 0 fully saturated rings. The van der Waals surface area contributed by atoms with Crippen LogP contribution < -0.4 is 15.4 Å². The fourth-order valence-corrected chi connectivity index (χ4v) is 2.02. The van der Waals surface area contributed by atoms with Gasteiger partial charge in [-0.25, -0.2) is 4.79 Å². The number of carbonyl (C=O) groups is 2. The maximum atomic E-state index is 12.4. The van der Waals surface area contributed by atoms with E-state index in [0.717, 1.165) is 0 Å². The Hall–Kier alpha value is -1.95. The zero-order chi connectivity index (χ0) is 16.7. The van der Waals surface area contributed by atoms with Gasteiger partial charge in [0.15, 0.2) is 0 Å². The Morgan fingerprint density at radius 1 is 1.27 bits per heavy atom. The van der Waals surface area contributed by atoms with Crippen LogP contribution in [0.25, 0.3) is 0 Å². The first-order valence-corrected chi connectivity index (χ1v) is 7.24. The topological polar surface area (TPSA) is 76.7 Å². The molecular weight excluding hydrogens is 308 g/mol. The van der Waals surface area contributed by atoms with Crippen LogP contribution in [0.15, 0.2) is 18.2 Å². The molecule has 0 saturated heterocycles. The molecule has 0 aromatic heterocycles. The maximum Gasteiger partial charge on any atom is 0.407 e. The van der Waals surface area contributed by atoms with Crippen molar-refractivity contribution in [1.29, 1.82) is 0 Å². The number of anilines is 1. The van der Waals surface area contributed by atoms with Crippen LogP contribution >= 0.6 is 11.6 Å². The highest BCUT2D eigenvalue weighted by molar-refractivity contribution is 6.33. The molecule has 0 spiro atoms. The lowest BCUT2D eigenvalue weighted by atomic mass is 10.0. The van der Waals surface area contributed by atoms with E-state index >= 15 is 0 Å². The lowest BCUT2D eigenvalue weighted by molar-refractivity contribution is -0.118. The fraction of sp³-hybridized carbons (Fsp3) is 0.467. The highest BCUT2D eigenvalue weighted by Gasteiger charge is 2.23. The van der Waals surface area contributed by atoms with E-state index in [4.69, 9.17) is 16.3 Å². The summed E-state index contributed by atoms with van der Waals surface area (Å²) in [5, 5.41) is 5.60. The first kappa shape index (κ1) is 18.1. The monoisotopic (exact) mass is 328 g/mol. The first-order chi connectivity index (χ1) is 10.4. The van der Waals surface area contributed by atoms with Crippen molar-refractivity contribution in [1.82, 2.24) is 5.32 Å². The summed E-state index contributed by atoms with van der Waals surface area (Å²) in [6.07, 6.45) is -0.180. The molecular formula is C15H21ClN2O4. The number of benzene rings is 1. The number of alkyl carbamates (subject to hydrolysis) is 1. The Morgan fingerprint density at radius 3 is 2.50 bits per heavy atom. The van der Waals surface area contributed by atoms with Gasteiger partial charge in [-0.3, -0.25) is 4.79 Å². The van der Waals surface area contributed by atoms with E-state index in [9.17, 15) is 9.59 Å². The minimum Gasteiger partial charge on any atom is -0.497 e. The summed E-state index contributed by atoms with van der Waals surface area (Å²) in [5.41, 5.74) is 0.423. The standard InChI is InChI=1S/C15H21ClN2O4/c1-9(2)7-13(18-15(20)22-4)14(19)17-12-8-10(21-3)5-6-11(12)16/h5-6,8-9,13H,7H2,1-4H3,(H,17,19)(H,18,20). The van der Waals surface area contributed by atoms with Crippen molar-refractivity contribution in [3.63, 3.8) is 0 Å². The van der Waals surface area contributed by atoms with E-state index in [0.29, 0.717) is 22.9 Å². The number of ether oxygens (including phenoxy) is 2. The molecule has 7 heteroatoms. The van der Waals surface area contributed by atoms with Crippen LogP contribution in [0.2, 0.25) is 5.02 Å². The summed E-state index contributed by atoms with van der Waals surface area (Å²) in [6, 6.07) is 4.22. The molecule has 1 unspecified atom stereocenters. The summed E-state index contributed by atoms with van der Waals surface area (Å²) < 4.78 is 9.65. The van der Waals surface area contributed by atoms with Gasteiger partial charge >= 0.3 is 6.09 Å². The number of halogens is 1. The molecule has 0 aliphatic rings. The Kier molecular flexibility index (Phi) is 6.98. The van der Waals surface area contributed by atoms with E-state index in [2.05, 4.69) is 15.4 Å². The van der Waals surface area contributed by atoms with Crippen molar-refractivity contribution in [3.05, 3.63) is 23.2 Å². The van der Waals surface area contributed by atoms with Crippen LogP contribution in [0, 0.1) is 5.92 Å². The van der Waals surface area contributed by atoms with Crippen molar-refractivity contribution < 1.29 is 19.1 Å². The fourth-order valence-electron chi connectivity index (χ4n) is 1.85. The molecule has 1 rings (SSSR count). The van der Waals surface area contributed by atoms with Crippen molar-refractivity contribution in [2.24, 2.45) is 5.92 Å². The molecule has 0 heterocycles. The Morgan fingerprint density at radius 2 is 1.95 bits per heavy atom. The van der Waals surface area contributed by atoms with E-state index in [1.54, 1.807) is 18.2 Å². The second kappa shape index (κ2) is 8.48.